The zero-order chi connectivity index (χ0) is 17.9. The molecule has 2 heterocycles. The van der Waals surface area contributed by atoms with Crippen molar-refractivity contribution < 1.29 is 14.8 Å². The first-order chi connectivity index (χ1) is 12.0. The molecule has 2 aliphatic rings. The monoisotopic (exact) mass is 345 g/mol. The number of benzene rings is 1. The van der Waals surface area contributed by atoms with Crippen LogP contribution in [0.5, 0.6) is 0 Å². The lowest BCUT2D eigenvalue weighted by Crippen LogP contribution is -2.52. The summed E-state index contributed by atoms with van der Waals surface area (Å²) in [6.45, 7) is 5.86. The predicted octanol–water partition coefficient (Wildman–Crippen LogP) is 0.244. The number of amides is 1. The van der Waals surface area contributed by atoms with Gasteiger partial charge in [0.25, 0.3) is 0 Å². The van der Waals surface area contributed by atoms with Gasteiger partial charge in [-0.2, -0.15) is 0 Å². The lowest BCUT2D eigenvalue weighted by molar-refractivity contribution is -0.130. The molecule has 2 atom stereocenters. The van der Waals surface area contributed by atoms with Crippen molar-refractivity contribution in [3.63, 3.8) is 0 Å². The van der Waals surface area contributed by atoms with E-state index in [1.54, 1.807) is 4.90 Å². The second-order valence-corrected chi connectivity index (χ2v) is 7.57. The van der Waals surface area contributed by atoms with Crippen molar-refractivity contribution >= 4 is 13.0 Å². The highest BCUT2D eigenvalue weighted by Gasteiger charge is 2.38. The number of nitrogens with one attached hydrogen (secondary N) is 1. The Morgan fingerprint density at radius 2 is 2.08 bits per heavy atom. The number of carbonyl (C=O) groups is 1. The van der Waals surface area contributed by atoms with Crippen LogP contribution >= 0.6 is 0 Å². The van der Waals surface area contributed by atoms with Gasteiger partial charge in [-0.05, 0) is 31.7 Å². The van der Waals surface area contributed by atoms with E-state index in [9.17, 15) is 14.8 Å². The minimum Gasteiger partial charge on any atom is -0.426 e. The molecule has 0 bridgehead atoms. The molecule has 2 aliphatic heterocycles. The molecular weight excluding hydrogens is 317 g/mol. The van der Waals surface area contributed by atoms with E-state index in [4.69, 9.17) is 0 Å². The molecule has 3 rings (SSSR count). The summed E-state index contributed by atoms with van der Waals surface area (Å²) < 4.78 is 0. The lowest BCUT2D eigenvalue weighted by Gasteiger charge is -2.29. The number of hydrogen-bond donors (Lipinski definition) is 3. The Balaban J connectivity index is 1.49. The van der Waals surface area contributed by atoms with Crippen LogP contribution in [0.3, 0.4) is 0 Å². The molecule has 6 nitrogen and oxygen atoms in total. The molecule has 0 aromatic heterocycles. The van der Waals surface area contributed by atoms with Crippen LogP contribution in [0.4, 0.5) is 0 Å². The maximum atomic E-state index is 12.5. The Morgan fingerprint density at radius 3 is 2.80 bits per heavy atom. The Morgan fingerprint density at radius 1 is 1.32 bits per heavy atom. The van der Waals surface area contributed by atoms with Gasteiger partial charge in [0.15, 0.2) is 0 Å². The van der Waals surface area contributed by atoms with Crippen molar-refractivity contribution in [2.75, 3.05) is 26.2 Å². The van der Waals surface area contributed by atoms with Crippen molar-refractivity contribution in [2.45, 2.75) is 44.2 Å². The molecule has 25 heavy (non-hydrogen) atoms. The average Bonchev–Trinajstić information content (AvgIpc) is 3.21. The molecule has 0 spiro atoms. The fraction of sp³-hybridized carbons (Fsp3) is 0.611. The van der Waals surface area contributed by atoms with Crippen molar-refractivity contribution in [2.24, 2.45) is 0 Å². The van der Waals surface area contributed by atoms with Crippen LogP contribution in [0, 0.1) is 0 Å². The van der Waals surface area contributed by atoms with Crippen LogP contribution in [0.1, 0.15) is 31.7 Å². The minimum atomic E-state index is -1.45. The van der Waals surface area contributed by atoms with E-state index in [0.29, 0.717) is 13.0 Å². The molecule has 0 radical (unpaired) electrons. The van der Waals surface area contributed by atoms with Gasteiger partial charge in [0.1, 0.15) is 0 Å². The Hall–Kier alpha value is -1.41. The highest BCUT2D eigenvalue weighted by Crippen LogP contribution is 2.23. The summed E-state index contributed by atoms with van der Waals surface area (Å²) in [7, 11) is -1.45. The van der Waals surface area contributed by atoms with Gasteiger partial charge in [0, 0.05) is 31.7 Å². The van der Waals surface area contributed by atoms with E-state index in [0.717, 1.165) is 32.5 Å². The first-order valence-corrected chi connectivity index (χ1v) is 9.14. The third-order valence-corrected chi connectivity index (χ3v) is 5.43. The molecule has 7 heteroatoms. The molecule has 1 amide bonds. The van der Waals surface area contributed by atoms with E-state index in [1.807, 2.05) is 6.07 Å². The maximum Gasteiger partial charge on any atom is 0.475 e. The molecule has 0 aliphatic carbocycles. The van der Waals surface area contributed by atoms with E-state index in [-0.39, 0.29) is 18.0 Å². The topological polar surface area (TPSA) is 76.0 Å². The first kappa shape index (κ1) is 18.4. The number of hydrogen-bond acceptors (Lipinski definition) is 5. The Bertz CT molecular complexity index is 586. The van der Waals surface area contributed by atoms with Crippen molar-refractivity contribution in [1.29, 1.82) is 0 Å². The fourth-order valence-electron chi connectivity index (χ4n) is 3.98. The van der Waals surface area contributed by atoms with Gasteiger partial charge in [-0.25, -0.2) is 0 Å². The number of nitrogens with zero attached hydrogens (tertiary/aromatic N) is 2. The Kier molecular flexibility index (Phi) is 5.79. The quantitative estimate of drug-likeness (QED) is 0.644. The summed E-state index contributed by atoms with van der Waals surface area (Å²) in [6.07, 6.45) is 2.49. The molecule has 2 fully saturated rings. The van der Waals surface area contributed by atoms with Gasteiger partial charge in [0.2, 0.25) is 5.91 Å². The van der Waals surface area contributed by atoms with Crippen molar-refractivity contribution in [3.8, 4) is 0 Å². The SMILES string of the molecule is CC1(NCC(=O)N2CCC[C@H]2B(O)O)CCN(Cc2ccccc2)C1. The number of rotatable bonds is 6. The third kappa shape index (κ3) is 4.61. The van der Waals surface area contributed by atoms with Crippen LogP contribution in [0.25, 0.3) is 0 Å². The number of likely N-dealkylation sites (tertiary alicyclic amines) is 2. The Labute approximate surface area is 150 Å². The minimum absolute atomic E-state index is 0.0432. The van der Waals surface area contributed by atoms with Crippen LogP contribution in [-0.2, 0) is 11.3 Å². The first-order valence-electron chi connectivity index (χ1n) is 9.14. The van der Waals surface area contributed by atoms with Gasteiger partial charge < -0.3 is 20.3 Å². The van der Waals surface area contributed by atoms with Gasteiger partial charge >= 0.3 is 7.12 Å². The molecule has 1 aromatic carbocycles. The summed E-state index contributed by atoms with van der Waals surface area (Å²) in [4.78, 5) is 16.5. The van der Waals surface area contributed by atoms with Gasteiger partial charge in [-0.3, -0.25) is 9.69 Å². The zero-order valence-electron chi connectivity index (χ0n) is 14.9. The van der Waals surface area contributed by atoms with Crippen molar-refractivity contribution in [1.82, 2.24) is 15.1 Å². The zero-order valence-corrected chi connectivity index (χ0v) is 14.9. The van der Waals surface area contributed by atoms with Gasteiger partial charge in [-0.15, -0.1) is 0 Å². The summed E-state index contributed by atoms with van der Waals surface area (Å²) in [5, 5.41) is 22.2. The standard InChI is InChI=1S/C18H28BN3O3/c1-18(9-11-21(14-18)13-15-6-3-2-4-7-15)20-12-17(23)22-10-5-8-16(22)19(24)25/h2-4,6-7,16,20,24-25H,5,8-14H2,1H3/t16-,18?/m0/s1. The number of carbonyl (C=O) groups excluding carboxylic acids is 1. The summed E-state index contributed by atoms with van der Waals surface area (Å²) in [6, 6.07) is 10.4. The van der Waals surface area contributed by atoms with Crippen LogP contribution in [0.2, 0.25) is 0 Å². The second kappa shape index (κ2) is 7.87. The van der Waals surface area contributed by atoms with Gasteiger partial charge in [0.05, 0.1) is 12.5 Å². The van der Waals surface area contributed by atoms with E-state index >= 15 is 0 Å². The van der Waals surface area contributed by atoms with E-state index in [1.165, 1.54) is 5.56 Å². The van der Waals surface area contributed by atoms with E-state index < -0.39 is 13.1 Å². The highest BCUT2D eigenvalue weighted by molar-refractivity contribution is 6.43. The largest absolute Gasteiger partial charge is 0.475 e. The lowest BCUT2D eigenvalue weighted by atomic mass is 9.78. The second-order valence-electron chi connectivity index (χ2n) is 7.57. The van der Waals surface area contributed by atoms with Gasteiger partial charge in [-0.1, -0.05) is 30.3 Å². The molecule has 0 saturated carbocycles. The highest BCUT2D eigenvalue weighted by atomic mass is 16.4. The smallest absolute Gasteiger partial charge is 0.426 e. The summed E-state index contributed by atoms with van der Waals surface area (Å²) in [5.74, 6) is -0.501. The normalized spacial score (nSPS) is 27.0. The third-order valence-electron chi connectivity index (χ3n) is 5.43. The summed E-state index contributed by atoms with van der Waals surface area (Å²) in [5.41, 5.74) is 1.22. The molecular formula is C18H28BN3O3. The van der Waals surface area contributed by atoms with Crippen molar-refractivity contribution in [3.05, 3.63) is 35.9 Å². The summed E-state index contributed by atoms with van der Waals surface area (Å²) >= 11 is 0. The maximum absolute atomic E-state index is 12.5. The molecule has 2 saturated heterocycles. The molecule has 1 aromatic rings. The van der Waals surface area contributed by atoms with Crippen LogP contribution < -0.4 is 5.32 Å². The van der Waals surface area contributed by atoms with E-state index in [2.05, 4.69) is 41.4 Å². The average molecular weight is 345 g/mol. The van der Waals surface area contributed by atoms with Crippen LogP contribution in [-0.4, -0.2) is 70.5 Å². The molecule has 3 N–H and O–H groups in total. The predicted molar refractivity (Wildman–Crippen MR) is 97.7 cm³/mol. The fourth-order valence-corrected chi connectivity index (χ4v) is 3.98. The molecule has 1 unspecified atom stereocenters. The van der Waals surface area contributed by atoms with Crippen LogP contribution in [0.15, 0.2) is 30.3 Å². The molecule has 136 valence electrons.